The molecule has 1 aliphatic rings. The van der Waals surface area contributed by atoms with Gasteiger partial charge in [-0.1, -0.05) is 65.3 Å². The summed E-state index contributed by atoms with van der Waals surface area (Å²) in [6, 6.07) is 28.8. The van der Waals surface area contributed by atoms with E-state index in [1.54, 1.807) is 75.7 Å². The first-order valence-corrected chi connectivity index (χ1v) is 22.3. The SMILES string of the molecule is CCOC(=O)c1nc(-c2cc(-c3cccc(Br)c3)n(Cc3ccc(S(=O)(=O)N(Cc4ccc(OC)cc4)Cc4ccc(OC)cc4)c(F)c3)c2CC2CC2)sc1CC. The van der Waals surface area contributed by atoms with E-state index in [9.17, 15) is 13.2 Å². The Balaban J connectivity index is 1.28. The van der Waals surface area contributed by atoms with Gasteiger partial charge in [-0.05, 0) is 115 Å². The second kappa shape index (κ2) is 18.0. The van der Waals surface area contributed by atoms with Crippen molar-refractivity contribution in [3.8, 4) is 33.3 Å². The first-order valence-electron chi connectivity index (χ1n) is 19.2. The fourth-order valence-corrected chi connectivity index (χ4v) is 9.88. The number of rotatable bonds is 17. The summed E-state index contributed by atoms with van der Waals surface area (Å²) in [6.45, 7) is 4.34. The third kappa shape index (κ3) is 9.23. The second-order valence-electron chi connectivity index (χ2n) is 14.2. The summed E-state index contributed by atoms with van der Waals surface area (Å²) in [5.74, 6) is 0.510. The van der Waals surface area contributed by atoms with Gasteiger partial charge >= 0.3 is 5.97 Å². The van der Waals surface area contributed by atoms with E-state index >= 15 is 4.39 Å². The summed E-state index contributed by atoms with van der Waals surface area (Å²) < 4.78 is 65.7. The highest BCUT2D eigenvalue weighted by molar-refractivity contribution is 9.10. The molecule has 1 fully saturated rings. The van der Waals surface area contributed by atoms with Crippen LogP contribution in [0.5, 0.6) is 11.5 Å². The first kappa shape index (κ1) is 41.3. The second-order valence-corrected chi connectivity index (χ2v) is 18.1. The van der Waals surface area contributed by atoms with Gasteiger partial charge in [0.1, 0.15) is 27.2 Å². The van der Waals surface area contributed by atoms with Crippen LogP contribution in [-0.2, 0) is 47.2 Å². The highest BCUT2D eigenvalue weighted by Crippen LogP contribution is 2.42. The molecule has 4 aromatic carbocycles. The fourth-order valence-electron chi connectivity index (χ4n) is 6.99. The maximum atomic E-state index is 16.5. The average Bonchev–Trinajstić information content (AvgIpc) is 3.83. The van der Waals surface area contributed by atoms with E-state index in [-0.39, 0.29) is 26.2 Å². The van der Waals surface area contributed by atoms with Crippen LogP contribution in [0.2, 0.25) is 0 Å². The number of halogens is 2. The van der Waals surface area contributed by atoms with Crippen LogP contribution in [0.15, 0.2) is 106 Å². The van der Waals surface area contributed by atoms with Gasteiger partial charge in [0, 0.05) is 45.9 Å². The average molecular weight is 887 g/mol. The molecule has 0 unspecified atom stereocenters. The topological polar surface area (TPSA) is 100.0 Å². The van der Waals surface area contributed by atoms with Gasteiger partial charge in [0.05, 0.1) is 20.8 Å². The van der Waals surface area contributed by atoms with Crippen molar-refractivity contribution in [3.05, 3.63) is 140 Å². The van der Waals surface area contributed by atoms with Gasteiger partial charge in [-0.15, -0.1) is 11.3 Å². The van der Waals surface area contributed by atoms with Crippen molar-refractivity contribution < 1.29 is 31.8 Å². The Morgan fingerprint density at radius 2 is 1.53 bits per heavy atom. The molecule has 0 N–H and O–H groups in total. The predicted octanol–water partition coefficient (Wildman–Crippen LogP) is 10.3. The molecule has 13 heteroatoms. The number of esters is 1. The van der Waals surface area contributed by atoms with Crippen molar-refractivity contribution >= 4 is 43.3 Å². The number of methoxy groups -OCH3 is 2. The van der Waals surface area contributed by atoms with Crippen LogP contribution in [0.25, 0.3) is 21.8 Å². The Bertz CT molecular complexity index is 2470. The summed E-state index contributed by atoms with van der Waals surface area (Å²) in [5.41, 5.74) is 6.19. The number of ether oxygens (including phenoxy) is 3. The number of carbonyl (C=O) groups excluding carboxylic acids is 1. The molecule has 0 radical (unpaired) electrons. The van der Waals surface area contributed by atoms with Crippen LogP contribution in [0.4, 0.5) is 4.39 Å². The lowest BCUT2D eigenvalue weighted by Crippen LogP contribution is -2.31. The Morgan fingerprint density at radius 3 is 2.09 bits per heavy atom. The van der Waals surface area contributed by atoms with Crippen LogP contribution in [0.1, 0.15) is 64.4 Å². The molecule has 6 aromatic rings. The van der Waals surface area contributed by atoms with Gasteiger partial charge in [0.25, 0.3) is 0 Å². The third-order valence-electron chi connectivity index (χ3n) is 10.2. The maximum Gasteiger partial charge on any atom is 0.358 e. The standard InChI is InChI=1S/C45H45BrFN3O6S2/c1-5-41-43(45(51)56-6-2)48-44(57-41)37-25-39(33-8-7-9-34(46)24-33)50(40(37)23-29-10-11-29)28-32-16-21-42(38(47)22-32)58(52,53)49(26-30-12-17-35(54-3)18-13-30)27-31-14-19-36(55-4)20-15-31/h7-9,12-22,24-25,29H,5-6,10-11,23,26-28H2,1-4H3. The van der Waals surface area contributed by atoms with E-state index in [1.807, 2.05) is 31.2 Å². The highest BCUT2D eigenvalue weighted by Gasteiger charge is 2.31. The lowest BCUT2D eigenvalue weighted by Gasteiger charge is -2.23. The molecule has 2 heterocycles. The Kier molecular flexibility index (Phi) is 12.8. The molecule has 0 bridgehead atoms. The zero-order valence-electron chi connectivity index (χ0n) is 32.8. The molecule has 1 aliphatic carbocycles. The molecular formula is C45H45BrFN3O6S2. The van der Waals surface area contributed by atoms with Crippen LogP contribution < -0.4 is 9.47 Å². The van der Waals surface area contributed by atoms with Crippen molar-refractivity contribution in [2.24, 2.45) is 5.92 Å². The largest absolute Gasteiger partial charge is 0.497 e. The van der Waals surface area contributed by atoms with E-state index in [4.69, 9.17) is 19.2 Å². The monoisotopic (exact) mass is 885 g/mol. The first-order chi connectivity index (χ1) is 28.0. The summed E-state index contributed by atoms with van der Waals surface area (Å²) in [5, 5.41) is 0.729. The smallest absolute Gasteiger partial charge is 0.358 e. The number of benzene rings is 4. The number of nitrogens with zero attached hydrogens (tertiary/aromatic N) is 3. The van der Waals surface area contributed by atoms with Crippen molar-refractivity contribution in [1.82, 2.24) is 13.9 Å². The summed E-state index contributed by atoms with van der Waals surface area (Å²) in [7, 11) is -1.19. The number of carbonyl (C=O) groups is 1. The van der Waals surface area contributed by atoms with E-state index in [0.717, 1.165) is 67.3 Å². The van der Waals surface area contributed by atoms with Crippen LogP contribution in [-0.4, -0.2) is 49.1 Å². The van der Waals surface area contributed by atoms with Crippen molar-refractivity contribution in [1.29, 1.82) is 0 Å². The van der Waals surface area contributed by atoms with E-state index in [1.165, 1.54) is 27.8 Å². The molecule has 9 nitrogen and oxygen atoms in total. The molecule has 0 spiro atoms. The van der Waals surface area contributed by atoms with Crippen molar-refractivity contribution in [2.75, 3.05) is 20.8 Å². The normalized spacial score (nSPS) is 12.9. The van der Waals surface area contributed by atoms with E-state index in [0.29, 0.717) is 35.1 Å². The van der Waals surface area contributed by atoms with Gasteiger partial charge in [-0.25, -0.2) is 22.6 Å². The number of aryl methyl sites for hydroxylation is 1. The molecule has 0 saturated heterocycles. The molecule has 58 heavy (non-hydrogen) atoms. The lowest BCUT2D eigenvalue weighted by atomic mass is 10.1. The van der Waals surface area contributed by atoms with Gasteiger partial charge < -0.3 is 18.8 Å². The molecule has 0 amide bonds. The zero-order chi connectivity index (χ0) is 41.0. The number of hydrogen-bond donors (Lipinski definition) is 0. The van der Waals surface area contributed by atoms with E-state index < -0.39 is 26.7 Å². The molecule has 1 saturated carbocycles. The summed E-state index contributed by atoms with van der Waals surface area (Å²) in [6.07, 6.45) is 3.62. The maximum absolute atomic E-state index is 16.5. The predicted molar refractivity (Wildman–Crippen MR) is 228 cm³/mol. The van der Waals surface area contributed by atoms with Crippen molar-refractivity contribution in [2.45, 2.75) is 64.1 Å². The Labute approximate surface area is 351 Å². The molecule has 0 aliphatic heterocycles. The Hall–Kier alpha value is -4.82. The Morgan fingerprint density at radius 1 is 0.897 bits per heavy atom. The number of aromatic nitrogens is 2. The van der Waals surface area contributed by atoms with Gasteiger partial charge in [0.2, 0.25) is 10.0 Å². The number of sulfonamides is 1. The quantitative estimate of drug-likeness (QED) is 0.0841. The fraction of sp³-hybridized carbons (Fsp3) is 0.289. The minimum Gasteiger partial charge on any atom is -0.497 e. The van der Waals surface area contributed by atoms with Crippen LogP contribution in [0.3, 0.4) is 0 Å². The number of hydrogen-bond acceptors (Lipinski definition) is 8. The summed E-state index contributed by atoms with van der Waals surface area (Å²) in [4.78, 5) is 18.2. The van der Waals surface area contributed by atoms with Crippen LogP contribution >= 0.6 is 27.3 Å². The van der Waals surface area contributed by atoms with Gasteiger partial charge in [-0.2, -0.15) is 4.31 Å². The zero-order valence-corrected chi connectivity index (χ0v) is 36.1. The van der Waals surface area contributed by atoms with E-state index in [2.05, 4.69) is 26.6 Å². The molecular weight excluding hydrogens is 842 g/mol. The molecule has 302 valence electrons. The minimum absolute atomic E-state index is 0.0145. The van der Waals surface area contributed by atoms with Gasteiger partial charge in [-0.3, -0.25) is 0 Å². The van der Waals surface area contributed by atoms with Crippen molar-refractivity contribution in [3.63, 3.8) is 0 Å². The van der Waals surface area contributed by atoms with Gasteiger partial charge in [0.15, 0.2) is 5.69 Å². The number of thiazole rings is 1. The minimum atomic E-state index is -4.33. The molecule has 0 atom stereocenters. The lowest BCUT2D eigenvalue weighted by molar-refractivity contribution is 0.0519. The highest BCUT2D eigenvalue weighted by atomic mass is 79.9. The third-order valence-corrected chi connectivity index (χ3v) is 13.8. The molecule has 7 rings (SSSR count). The molecule has 2 aromatic heterocycles. The summed E-state index contributed by atoms with van der Waals surface area (Å²) >= 11 is 5.12. The van der Waals surface area contributed by atoms with Crippen LogP contribution in [0, 0.1) is 11.7 Å².